The SMILES string of the molecule is NC(=O)c1ccncc1NCc1ccc(NC(=O)C2CC2)cc1. The maximum atomic E-state index is 11.7. The quantitative estimate of drug-likeness (QED) is 0.761. The monoisotopic (exact) mass is 310 g/mol. The second-order valence-electron chi connectivity index (χ2n) is 5.60. The Labute approximate surface area is 134 Å². The van der Waals surface area contributed by atoms with Gasteiger partial charge in [-0.1, -0.05) is 12.1 Å². The summed E-state index contributed by atoms with van der Waals surface area (Å²) < 4.78 is 0. The van der Waals surface area contributed by atoms with Gasteiger partial charge in [-0.05, 0) is 36.6 Å². The van der Waals surface area contributed by atoms with E-state index < -0.39 is 5.91 Å². The zero-order chi connectivity index (χ0) is 16.2. The van der Waals surface area contributed by atoms with Gasteiger partial charge in [0.15, 0.2) is 0 Å². The van der Waals surface area contributed by atoms with Crippen molar-refractivity contribution in [1.29, 1.82) is 0 Å². The molecule has 0 saturated heterocycles. The highest BCUT2D eigenvalue weighted by molar-refractivity contribution is 5.98. The number of carbonyl (C=O) groups is 2. The maximum Gasteiger partial charge on any atom is 0.250 e. The summed E-state index contributed by atoms with van der Waals surface area (Å²) in [5, 5.41) is 6.05. The average molecular weight is 310 g/mol. The van der Waals surface area contributed by atoms with Crippen LogP contribution in [0.3, 0.4) is 0 Å². The van der Waals surface area contributed by atoms with Gasteiger partial charge in [0.1, 0.15) is 0 Å². The molecule has 1 saturated carbocycles. The fourth-order valence-corrected chi connectivity index (χ4v) is 2.24. The van der Waals surface area contributed by atoms with Crippen LogP contribution in [0, 0.1) is 5.92 Å². The number of benzene rings is 1. The fourth-order valence-electron chi connectivity index (χ4n) is 2.24. The summed E-state index contributed by atoms with van der Waals surface area (Å²) in [5.74, 6) is -0.209. The molecule has 3 rings (SSSR count). The van der Waals surface area contributed by atoms with E-state index in [-0.39, 0.29) is 11.8 Å². The van der Waals surface area contributed by atoms with Gasteiger partial charge >= 0.3 is 0 Å². The van der Waals surface area contributed by atoms with Crippen molar-refractivity contribution < 1.29 is 9.59 Å². The van der Waals surface area contributed by atoms with E-state index >= 15 is 0 Å². The Hall–Kier alpha value is -2.89. The number of nitrogens with two attached hydrogens (primary N) is 1. The predicted molar refractivity (Wildman–Crippen MR) is 87.9 cm³/mol. The first-order valence-corrected chi connectivity index (χ1v) is 7.51. The van der Waals surface area contributed by atoms with Crippen LogP contribution in [-0.4, -0.2) is 16.8 Å². The molecular weight excluding hydrogens is 292 g/mol. The van der Waals surface area contributed by atoms with E-state index in [2.05, 4.69) is 15.6 Å². The fraction of sp³-hybridized carbons (Fsp3) is 0.235. The van der Waals surface area contributed by atoms with Crippen LogP contribution in [0.25, 0.3) is 0 Å². The van der Waals surface area contributed by atoms with Gasteiger partial charge in [0.2, 0.25) is 5.91 Å². The third-order valence-electron chi connectivity index (χ3n) is 3.74. The molecule has 1 aliphatic carbocycles. The van der Waals surface area contributed by atoms with Crippen LogP contribution in [0.4, 0.5) is 11.4 Å². The molecule has 0 unspecified atom stereocenters. The number of pyridine rings is 1. The minimum atomic E-state index is -0.493. The lowest BCUT2D eigenvalue weighted by molar-refractivity contribution is -0.117. The smallest absolute Gasteiger partial charge is 0.250 e. The summed E-state index contributed by atoms with van der Waals surface area (Å²) in [6, 6.07) is 9.18. The molecule has 0 spiro atoms. The van der Waals surface area contributed by atoms with Crippen LogP contribution in [-0.2, 0) is 11.3 Å². The molecular formula is C17H18N4O2. The summed E-state index contributed by atoms with van der Waals surface area (Å²) in [7, 11) is 0. The molecule has 1 heterocycles. The summed E-state index contributed by atoms with van der Waals surface area (Å²) in [6.07, 6.45) is 5.08. The van der Waals surface area contributed by atoms with Crippen LogP contribution in [0.2, 0.25) is 0 Å². The van der Waals surface area contributed by atoms with Gasteiger partial charge in [0.05, 0.1) is 17.4 Å². The van der Waals surface area contributed by atoms with E-state index in [0.29, 0.717) is 17.8 Å². The first-order valence-electron chi connectivity index (χ1n) is 7.51. The molecule has 6 heteroatoms. The number of nitrogens with zero attached hydrogens (tertiary/aromatic N) is 1. The number of rotatable bonds is 6. The minimum absolute atomic E-state index is 0.0948. The Bertz CT molecular complexity index is 724. The lowest BCUT2D eigenvalue weighted by Gasteiger charge is -2.10. The van der Waals surface area contributed by atoms with Gasteiger partial charge in [-0.15, -0.1) is 0 Å². The number of anilines is 2. The summed E-state index contributed by atoms with van der Waals surface area (Å²) >= 11 is 0. The average Bonchev–Trinajstić information content (AvgIpc) is 3.39. The van der Waals surface area contributed by atoms with Gasteiger partial charge < -0.3 is 16.4 Å². The van der Waals surface area contributed by atoms with Crippen LogP contribution < -0.4 is 16.4 Å². The molecule has 0 atom stereocenters. The highest BCUT2D eigenvalue weighted by atomic mass is 16.2. The van der Waals surface area contributed by atoms with Crippen molar-refractivity contribution in [3.8, 4) is 0 Å². The molecule has 1 aromatic carbocycles. The largest absolute Gasteiger partial charge is 0.379 e. The topological polar surface area (TPSA) is 97.1 Å². The molecule has 2 amide bonds. The number of aromatic nitrogens is 1. The number of nitrogens with one attached hydrogen (secondary N) is 2. The molecule has 0 radical (unpaired) electrons. The van der Waals surface area contributed by atoms with E-state index in [1.165, 1.54) is 6.20 Å². The van der Waals surface area contributed by atoms with E-state index in [1.807, 2.05) is 24.3 Å². The summed E-state index contributed by atoms with van der Waals surface area (Å²) in [4.78, 5) is 27.0. The summed E-state index contributed by atoms with van der Waals surface area (Å²) in [6.45, 7) is 0.531. The Kier molecular flexibility index (Phi) is 4.23. The van der Waals surface area contributed by atoms with Crippen molar-refractivity contribution in [3.05, 3.63) is 53.9 Å². The lowest BCUT2D eigenvalue weighted by atomic mass is 10.1. The normalized spacial score (nSPS) is 13.4. The highest BCUT2D eigenvalue weighted by Gasteiger charge is 2.29. The van der Waals surface area contributed by atoms with Crippen LogP contribution in [0.15, 0.2) is 42.7 Å². The van der Waals surface area contributed by atoms with Gasteiger partial charge in [-0.2, -0.15) is 0 Å². The minimum Gasteiger partial charge on any atom is -0.379 e. The third kappa shape index (κ3) is 3.85. The van der Waals surface area contributed by atoms with E-state index in [0.717, 1.165) is 24.1 Å². The summed E-state index contributed by atoms with van der Waals surface area (Å²) in [5.41, 5.74) is 8.16. The second-order valence-corrected chi connectivity index (χ2v) is 5.60. The van der Waals surface area contributed by atoms with Crippen molar-refractivity contribution in [1.82, 2.24) is 4.98 Å². The first kappa shape index (κ1) is 15.0. The molecule has 0 bridgehead atoms. The molecule has 1 aromatic heterocycles. The maximum absolute atomic E-state index is 11.7. The number of amides is 2. The van der Waals surface area contributed by atoms with Crippen molar-refractivity contribution in [2.75, 3.05) is 10.6 Å². The standard InChI is InChI=1S/C17H18N4O2/c18-16(22)14-7-8-19-10-15(14)20-9-11-1-5-13(6-2-11)21-17(23)12-3-4-12/h1-2,5-8,10,12,20H,3-4,9H2,(H2,18,22)(H,21,23). The van der Waals surface area contributed by atoms with Crippen molar-refractivity contribution in [3.63, 3.8) is 0 Å². The molecule has 1 fully saturated rings. The zero-order valence-electron chi connectivity index (χ0n) is 12.6. The van der Waals surface area contributed by atoms with Gasteiger partial charge in [-0.3, -0.25) is 14.6 Å². The van der Waals surface area contributed by atoms with Crippen molar-refractivity contribution in [2.45, 2.75) is 19.4 Å². The van der Waals surface area contributed by atoms with E-state index in [1.54, 1.807) is 12.3 Å². The first-order chi connectivity index (χ1) is 11.1. The Morgan fingerprint density at radius 3 is 2.57 bits per heavy atom. The molecule has 6 nitrogen and oxygen atoms in total. The predicted octanol–water partition coefficient (Wildman–Crippen LogP) is 2.14. The van der Waals surface area contributed by atoms with Gasteiger partial charge in [0.25, 0.3) is 5.91 Å². The van der Waals surface area contributed by atoms with Gasteiger partial charge in [-0.25, -0.2) is 0 Å². The molecule has 23 heavy (non-hydrogen) atoms. The van der Waals surface area contributed by atoms with E-state index in [4.69, 9.17) is 5.73 Å². The van der Waals surface area contributed by atoms with Crippen LogP contribution in [0.1, 0.15) is 28.8 Å². The Balaban J connectivity index is 1.60. The third-order valence-corrected chi connectivity index (χ3v) is 3.74. The van der Waals surface area contributed by atoms with Crippen LogP contribution >= 0.6 is 0 Å². The Morgan fingerprint density at radius 1 is 1.17 bits per heavy atom. The number of carbonyl (C=O) groups excluding carboxylic acids is 2. The number of hydrogen-bond acceptors (Lipinski definition) is 4. The molecule has 118 valence electrons. The van der Waals surface area contributed by atoms with E-state index in [9.17, 15) is 9.59 Å². The molecule has 0 aliphatic heterocycles. The Morgan fingerprint density at radius 2 is 1.91 bits per heavy atom. The molecule has 4 N–H and O–H groups in total. The molecule has 1 aliphatic rings. The second kappa shape index (κ2) is 6.48. The lowest BCUT2D eigenvalue weighted by Crippen LogP contribution is -2.15. The van der Waals surface area contributed by atoms with Crippen molar-refractivity contribution in [2.24, 2.45) is 11.7 Å². The zero-order valence-corrected chi connectivity index (χ0v) is 12.6. The highest BCUT2D eigenvalue weighted by Crippen LogP contribution is 2.30. The van der Waals surface area contributed by atoms with Crippen molar-refractivity contribution >= 4 is 23.2 Å². The molecule has 2 aromatic rings. The number of hydrogen-bond donors (Lipinski definition) is 3. The van der Waals surface area contributed by atoms with Gasteiger partial charge in [0, 0.05) is 24.3 Å². The number of primary amides is 1. The van der Waals surface area contributed by atoms with Crippen LogP contribution in [0.5, 0.6) is 0 Å².